The van der Waals surface area contributed by atoms with Gasteiger partial charge < -0.3 is 10.2 Å². The van der Waals surface area contributed by atoms with Crippen molar-refractivity contribution in [2.75, 3.05) is 25.5 Å². The molecule has 0 bridgehead atoms. The van der Waals surface area contributed by atoms with Crippen LogP contribution in [0.3, 0.4) is 0 Å². The van der Waals surface area contributed by atoms with Crippen molar-refractivity contribution < 1.29 is 4.39 Å². The summed E-state index contributed by atoms with van der Waals surface area (Å²) < 4.78 is 12.8. The van der Waals surface area contributed by atoms with E-state index >= 15 is 0 Å². The van der Waals surface area contributed by atoms with Crippen LogP contribution >= 0.6 is 0 Å². The second-order valence-corrected chi connectivity index (χ2v) is 4.11. The standard InChI is InChI=1S/C11H16FN3/c1-15-6-2-3-10(8-15)14-9-4-5-13-11(12)7-9/h4-5,7,10H,2-3,6,8H2,1H3,(H,13,14). The first-order valence-electron chi connectivity index (χ1n) is 5.30. The van der Waals surface area contributed by atoms with Crippen molar-refractivity contribution in [3.8, 4) is 0 Å². The molecule has 1 unspecified atom stereocenters. The number of nitrogens with one attached hydrogen (secondary N) is 1. The van der Waals surface area contributed by atoms with Crippen molar-refractivity contribution in [3.63, 3.8) is 0 Å². The van der Waals surface area contributed by atoms with E-state index in [9.17, 15) is 4.39 Å². The van der Waals surface area contributed by atoms with Crippen LogP contribution in [0.1, 0.15) is 12.8 Å². The molecular weight excluding hydrogens is 193 g/mol. The SMILES string of the molecule is CN1CCCC(Nc2ccnc(F)c2)C1. The highest BCUT2D eigenvalue weighted by molar-refractivity contribution is 5.42. The summed E-state index contributed by atoms with van der Waals surface area (Å²) in [6, 6.07) is 3.66. The van der Waals surface area contributed by atoms with Gasteiger partial charge in [-0.2, -0.15) is 4.39 Å². The van der Waals surface area contributed by atoms with E-state index in [-0.39, 0.29) is 0 Å². The molecule has 82 valence electrons. The van der Waals surface area contributed by atoms with Crippen LogP contribution in [-0.4, -0.2) is 36.1 Å². The molecule has 0 aromatic carbocycles. The molecule has 0 amide bonds. The Bertz CT molecular complexity index is 329. The molecule has 15 heavy (non-hydrogen) atoms. The van der Waals surface area contributed by atoms with Crippen LogP contribution in [0.15, 0.2) is 18.3 Å². The molecule has 1 atom stereocenters. The van der Waals surface area contributed by atoms with Gasteiger partial charge in [-0.15, -0.1) is 0 Å². The lowest BCUT2D eigenvalue weighted by atomic mass is 10.1. The van der Waals surface area contributed by atoms with E-state index in [1.165, 1.54) is 18.7 Å². The van der Waals surface area contributed by atoms with Gasteiger partial charge in [-0.1, -0.05) is 0 Å². The molecule has 0 saturated carbocycles. The van der Waals surface area contributed by atoms with Crippen LogP contribution in [0.25, 0.3) is 0 Å². The zero-order valence-corrected chi connectivity index (χ0v) is 8.91. The number of hydrogen-bond donors (Lipinski definition) is 1. The lowest BCUT2D eigenvalue weighted by Crippen LogP contribution is -2.39. The van der Waals surface area contributed by atoms with E-state index in [0.717, 1.165) is 25.2 Å². The number of pyridine rings is 1. The maximum absolute atomic E-state index is 12.8. The Morgan fingerprint density at radius 3 is 3.20 bits per heavy atom. The summed E-state index contributed by atoms with van der Waals surface area (Å²) in [7, 11) is 2.11. The summed E-state index contributed by atoms with van der Waals surface area (Å²) in [5.41, 5.74) is 0.822. The molecule has 1 aliphatic rings. The van der Waals surface area contributed by atoms with Crippen LogP contribution in [0, 0.1) is 5.95 Å². The zero-order chi connectivity index (χ0) is 10.7. The Hall–Kier alpha value is -1.16. The van der Waals surface area contributed by atoms with E-state index < -0.39 is 5.95 Å². The lowest BCUT2D eigenvalue weighted by Gasteiger charge is -2.30. The minimum atomic E-state index is -0.427. The van der Waals surface area contributed by atoms with Crippen molar-refractivity contribution in [1.29, 1.82) is 0 Å². The van der Waals surface area contributed by atoms with Crippen LogP contribution in [0.2, 0.25) is 0 Å². The number of aromatic nitrogens is 1. The molecule has 1 fully saturated rings. The van der Waals surface area contributed by atoms with E-state index in [4.69, 9.17) is 0 Å². The van der Waals surface area contributed by atoms with Gasteiger partial charge in [0, 0.05) is 30.5 Å². The normalized spacial score (nSPS) is 22.7. The minimum absolute atomic E-state index is 0.422. The summed E-state index contributed by atoms with van der Waals surface area (Å²) in [5.74, 6) is -0.427. The third-order valence-corrected chi connectivity index (χ3v) is 2.72. The third kappa shape index (κ3) is 2.89. The van der Waals surface area contributed by atoms with Gasteiger partial charge in [0.25, 0.3) is 0 Å². The van der Waals surface area contributed by atoms with E-state index in [0.29, 0.717) is 6.04 Å². The molecule has 2 rings (SSSR count). The Labute approximate surface area is 89.3 Å². The van der Waals surface area contributed by atoms with Gasteiger partial charge in [-0.3, -0.25) is 0 Å². The maximum atomic E-state index is 12.8. The van der Waals surface area contributed by atoms with Gasteiger partial charge >= 0.3 is 0 Å². The predicted molar refractivity (Wildman–Crippen MR) is 58.3 cm³/mol. The molecule has 0 radical (unpaired) electrons. The van der Waals surface area contributed by atoms with E-state index in [2.05, 4.69) is 22.2 Å². The number of rotatable bonds is 2. The molecule has 1 aromatic rings. The van der Waals surface area contributed by atoms with Crippen LogP contribution in [0.5, 0.6) is 0 Å². The first kappa shape index (κ1) is 10.4. The van der Waals surface area contributed by atoms with Gasteiger partial charge in [0.15, 0.2) is 0 Å². The molecule has 4 heteroatoms. The fourth-order valence-electron chi connectivity index (χ4n) is 2.01. The highest BCUT2D eigenvalue weighted by Crippen LogP contribution is 2.15. The molecular formula is C11H16FN3. The number of likely N-dealkylation sites (tertiary alicyclic amines) is 1. The van der Waals surface area contributed by atoms with Crippen molar-refractivity contribution in [2.45, 2.75) is 18.9 Å². The first-order valence-corrected chi connectivity index (χ1v) is 5.30. The monoisotopic (exact) mass is 209 g/mol. The van der Waals surface area contributed by atoms with Crippen molar-refractivity contribution >= 4 is 5.69 Å². The Morgan fingerprint density at radius 2 is 2.47 bits per heavy atom. The molecule has 1 aliphatic heterocycles. The number of anilines is 1. The van der Waals surface area contributed by atoms with Gasteiger partial charge in [-0.25, -0.2) is 4.98 Å². The zero-order valence-electron chi connectivity index (χ0n) is 8.91. The fraction of sp³-hybridized carbons (Fsp3) is 0.545. The molecule has 0 spiro atoms. The second kappa shape index (κ2) is 4.57. The Balaban J connectivity index is 1.96. The molecule has 1 aromatic heterocycles. The van der Waals surface area contributed by atoms with E-state index in [1.54, 1.807) is 6.07 Å². The van der Waals surface area contributed by atoms with Gasteiger partial charge in [-0.05, 0) is 32.5 Å². The molecule has 2 heterocycles. The van der Waals surface area contributed by atoms with Crippen LogP contribution in [-0.2, 0) is 0 Å². The highest BCUT2D eigenvalue weighted by atomic mass is 19.1. The van der Waals surface area contributed by atoms with Crippen molar-refractivity contribution in [2.24, 2.45) is 0 Å². The summed E-state index contributed by atoms with van der Waals surface area (Å²) >= 11 is 0. The predicted octanol–water partition coefficient (Wildman–Crippen LogP) is 1.73. The average Bonchev–Trinajstić information content (AvgIpc) is 2.17. The van der Waals surface area contributed by atoms with Crippen LogP contribution < -0.4 is 5.32 Å². The van der Waals surface area contributed by atoms with Gasteiger partial charge in [0.1, 0.15) is 0 Å². The Morgan fingerprint density at radius 1 is 1.60 bits per heavy atom. The van der Waals surface area contributed by atoms with Crippen molar-refractivity contribution in [3.05, 3.63) is 24.3 Å². The number of likely N-dealkylation sites (N-methyl/N-ethyl adjacent to an activating group) is 1. The number of hydrogen-bond acceptors (Lipinski definition) is 3. The molecule has 3 nitrogen and oxygen atoms in total. The highest BCUT2D eigenvalue weighted by Gasteiger charge is 2.16. The first-order chi connectivity index (χ1) is 7.24. The molecule has 1 N–H and O–H groups in total. The average molecular weight is 209 g/mol. The summed E-state index contributed by atoms with van der Waals surface area (Å²) in [5, 5.41) is 3.33. The summed E-state index contributed by atoms with van der Waals surface area (Å²) in [6.07, 6.45) is 3.83. The van der Waals surface area contributed by atoms with Crippen molar-refractivity contribution in [1.82, 2.24) is 9.88 Å². The maximum Gasteiger partial charge on any atom is 0.214 e. The fourth-order valence-corrected chi connectivity index (χ4v) is 2.01. The Kier molecular flexibility index (Phi) is 3.16. The minimum Gasteiger partial charge on any atom is -0.381 e. The topological polar surface area (TPSA) is 28.2 Å². The van der Waals surface area contributed by atoms with Gasteiger partial charge in [0.2, 0.25) is 5.95 Å². The number of nitrogens with zero attached hydrogens (tertiary/aromatic N) is 2. The summed E-state index contributed by atoms with van der Waals surface area (Å²) in [6.45, 7) is 2.17. The third-order valence-electron chi connectivity index (χ3n) is 2.72. The lowest BCUT2D eigenvalue weighted by molar-refractivity contribution is 0.261. The van der Waals surface area contributed by atoms with E-state index in [1.807, 2.05) is 0 Å². The second-order valence-electron chi connectivity index (χ2n) is 4.11. The summed E-state index contributed by atoms with van der Waals surface area (Å²) in [4.78, 5) is 5.82. The molecule has 1 saturated heterocycles. The molecule has 0 aliphatic carbocycles. The smallest absolute Gasteiger partial charge is 0.214 e. The largest absolute Gasteiger partial charge is 0.381 e. The number of piperidine rings is 1. The quantitative estimate of drug-likeness (QED) is 0.752. The number of halogens is 1. The van der Waals surface area contributed by atoms with Crippen LogP contribution in [0.4, 0.5) is 10.1 Å². The van der Waals surface area contributed by atoms with Gasteiger partial charge in [0.05, 0.1) is 0 Å².